The second kappa shape index (κ2) is 12.8. The van der Waals surface area contributed by atoms with E-state index in [1.54, 1.807) is 22.9 Å². The smallest absolute Gasteiger partial charge is 0.325 e. The van der Waals surface area contributed by atoms with E-state index in [0.717, 1.165) is 33.8 Å². The average Bonchev–Trinajstić information content (AvgIpc) is 3.74. The molecule has 0 atom stereocenters. The van der Waals surface area contributed by atoms with Gasteiger partial charge in [-0.3, -0.25) is 14.4 Å². The van der Waals surface area contributed by atoms with E-state index in [1.165, 1.54) is 0 Å². The van der Waals surface area contributed by atoms with Gasteiger partial charge in [0.2, 0.25) is 0 Å². The molecule has 0 saturated heterocycles. The maximum Gasteiger partial charge on any atom is 0.325 e. The van der Waals surface area contributed by atoms with E-state index in [1.807, 2.05) is 84.1 Å². The molecular formula is C35H36N8O3. The predicted molar refractivity (Wildman–Crippen MR) is 175 cm³/mol. The van der Waals surface area contributed by atoms with Crippen molar-refractivity contribution in [1.29, 1.82) is 0 Å². The molecule has 11 heteroatoms. The van der Waals surface area contributed by atoms with Gasteiger partial charge < -0.3 is 19.3 Å². The molecule has 3 aromatic heterocycles. The molecule has 11 nitrogen and oxygen atoms in total. The molecule has 234 valence electrons. The molecule has 1 aliphatic rings. The lowest BCUT2D eigenvalue weighted by Gasteiger charge is -2.33. The predicted octanol–water partition coefficient (Wildman–Crippen LogP) is 5.10. The number of rotatable bonds is 8. The van der Waals surface area contributed by atoms with Crippen molar-refractivity contribution in [3.8, 4) is 34.6 Å². The fourth-order valence-electron chi connectivity index (χ4n) is 5.65. The summed E-state index contributed by atoms with van der Waals surface area (Å²) in [4.78, 5) is 34.3. The number of nitrogens with one attached hydrogen (secondary N) is 1. The fourth-order valence-corrected chi connectivity index (χ4v) is 5.65. The number of nitrogens with zero attached hydrogens (tertiary/aromatic N) is 7. The SMILES string of the molecule is Cc1onc(-c2ccccc2)c1C(=O)NCC#Cc1cccc(Cn2nc3c(c2-c2nccn2C)CN(C)C(=O)N3CC(C)C)c1. The van der Waals surface area contributed by atoms with E-state index in [9.17, 15) is 9.59 Å². The molecule has 0 bridgehead atoms. The minimum Gasteiger partial charge on any atom is -0.360 e. The number of carbonyl (C=O) groups is 2. The summed E-state index contributed by atoms with van der Waals surface area (Å²) in [5.41, 5.74) is 5.38. The van der Waals surface area contributed by atoms with Crippen molar-refractivity contribution in [2.24, 2.45) is 13.0 Å². The van der Waals surface area contributed by atoms with Crippen LogP contribution in [0.1, 0.15) is 46.7 Å². The van der Waals surface area contributed by atoms with Crippen molar-refractivity contribution >= 4 is 17.8 Å². The van der Waals surface area contributed by atoms with Gasteiger partial charge in [0, 0.05) is 49.7 Å². The second-order valence-electron chi connectivity index (χ2n) is 11.8. The molecule has 3 amide bonds. The van der Waals surface area contributed by atoms with Crippen LogP contribution in [0.15, 0.2) is 71.5 Å². The highest BCUT2D eigenvalue weighted by molar-refractivity contribution is 6.01. The second-order valence-corrected chi connectivity index (χ2v) is 11.8. The number of amides is 3. The number of carbonyl (C=O) groups excluding carboxylic acids is 2. The molecule has 0 aliphatic carbocycles. The average molecular weight is 617 g/mol. The van der Waals surface area contributed by atoms with E-state index in [4.69, 9.17) is 9.62 Å². The Kier molecular flexibility index (Phi) is 8.44. The van der Waals surface area contributed by atoms with Crippen LogP contribution in [-0.4, -0.2) is 61.5 Å². The van der Waals surface area contributed by atoms with Gasteiger partial charge in [0.25, 0.3) is 5.91 Å². The maximum atomic E-state index is 13.2. The molecule has 46 heavy (non-hydrogen) atoms. The first-order chi connectivity index (χ1) is 22.2. The van der Waals surface area contributed by atoms with E-state index in [-0.39, 0.29) is 24.4 Å². The van der Waals surface area contributed by atoms with Crippen molar-refractivity contribution in [3.05, 3.63) is 95.0 Å². The van der Waals surface area contributed by atoms with E-state index in [0.29, 0.717) is 42.5 Å². The first-order valence-electron chi connectivity index (χ1n) is 15.2. The lowest BCUT2D eigenvalue weighted by atomic mass is 10.1. The molecule has 6 rings (SSSR count). The van der Waals surface area contributed by atoms with E-state index >= 15 is 0 Å². The Hall–Kier alpha value is -5.63. The molecule has 2 aromatic carbocycles. The quantitative estimate of drug-likeness (QED) is 0.243. The number of aromatic nitrogens is 5. The minimum atomic E-state index is -0.291. The molecule has 1 aliphatic heterocycles. The number of hydrogen-bond donors (Lipinski definition) is 1. The standard InChI is InChI=1S/C35H36N8O3/c1-23(2)20-42-32-28(22-41(5)35(42)45)31(33-36-17-18-40(33)4)43(38-32)21-26-12-9-11-25(19-26)13-10-16-37-34(44)29-24(3)46-39-30(29)27-14-7-6-8-15-27/h6-9,11-12,14-15,17-19,23H,16,20-22H2,1-5H3,(H,37,44). The van der Waals surface area contributed by atoms with Gasteiger partial charge in [-0.25, -0.2) is 9.78 Å². The zero-order valence-corrected chi connectivity index (χ0v) is 26.6. The lowest BCUT2D eigenvalue weighted by molar-refractivity contribution is 0.0957. The molecule has 0 spiro atoms. The van der Waals surface area contributed by atoms with Gasteiger partial charge in [-0.15, -0.1) is 0 Å². The first kappa shape index (κ1) is 30.4. The molecule has 0 saturated carbocycles. The van der Waals surface area contributed by atoms with Crippen molar-refractivity contribution in [2.75, 3.05) is 25.0 Å². The third-order valence-corrected chi connectivity index (χ3v) is 7.78. The zero-order chi connectivity index (χ0) is 32.4. The molecule has 1 N–H and O–H groups in total. The Morgan fingerprint density at radius 2 is 1.91 bits per heavy atom. The Labute approximate surface area is 267 Å². The topological polar surface area (TPSA) is 114 Å². The van der Waals surface area contributed by atoms with Crippen LogP contribution in [-0.2, 0) is 20.1 Å². The summed E-state index contributed by atoms with van der Waals surface area (Å²) in [6, 6.07) is 17.3. The van der Waals surface area contributed by atoms with E-state index < -0.39 is 0 Å². The zero-order valence-electron chi connectivity index (χ0n) is 26.6. The van der Waals surface area contributed by atoms with Gasteiger partial charge in [-0.1, -0.05) is 73.3 Å². The minimum absolute atomic E-state index is 0.0583. The number of aryl methyl sites for hydroxylation is 2. The molecule has 0 fully saturated rings. The number of fused-ring (bicyclic) bond motifs is 1. The summed E-state index contributed by atoms with van der Waals surface area (Å²) in [5, 5.41) is 12.0. The highest BCUT2D eigenvalue weighted by Gasteiger charge is 2.35. The molecule has 0 radical (unpaired) electrons. The van der Waals surface area contributed by atoms with E-state index in [2.05, 4.69) is 41.1 Å². The van der Waals surface area contributed by atoms with Gasteiger partial charge in [-0.05, 0) is 30.5 Å². The van der Waals surface area contributed by atoms with Crippen LogP contribution < -0.4 is 10.2 Å². The summed E-state index contributed by atoms with van der Waals surface area (Å²) in [5.74, 6) is 8.12. The van der Waals surface area contributed by atoms with Crippen LogP contribution >= 0.6 is 0 Å². The van der Waals surface area contributed by atoms with Crippen LogP contribution in [0.3, 0.4) is 0 Å². The summed E-state index contributed by atoms with van der Waals surface area (Å²) < 4.78 is 9.23. The van der Waals surface area contributed by atoms with Crippen molar-refractivity contribution in [2.45, 2.75) is 33.9 Å². The third-order valence-electron chi connectivity index (χ3n) is 7.78. The molecule has 5 aromatic rings. The fraction of sp³-hybridized carbons (Fsp3) is 0.286. The first-order valence-corrected chi connectivity index (χ1v) is 15.2. The van der Waals surface area contributed by atoms with Gasteiger partial charge in [0.15, 0.2) is 11.6 Å². The molecule has 4 heterocycles. The number of anilines is 1. The van der Waals surface area contributed by atoms with Gasteiger partial charge in [-0.2, -0.15) is 5.10 Å². The number of hydrogen-bond acceptors (Lipinski definition) is 6. The Morgan fingerprint density at radius 1 is 1.11 bits per heavy atom. The Morgan fingerprint density at radius 3 is 2.65 bits per heavy atom. The van der Waals surface area contributed by atoms with Crippen LogP contribution in [0.4, 0.5) is 10.6 Å². The summed E-state index contributed by atoms with van der Waals surface area (Å²) in [7, 11) is 3.77. The lowest BCUT2D eigenvalue weighted by Crippen LogP contribution is -2.46. The van der Waals surface area contributed by atoms with Crippen LogP contribution in [0.5, 0.6) is 0 Å². The van der Waals surface area contributed by atoms with Gasteiger partial charge >= 0.3 is 6.03 Å². The monoisotopic (exact) mass is 616 g/mol. The number of urea groups is 1. The Balaban J connectivity index is 1.22. The van der Waals surface area contributed by atoms with Crippen LogP contribution in [0.25, 0.3) is 22.8 Å². The van der Waals surface area contributed by atoms with Crippen molar-refractivity contribution < 1.29 is 14.1 Å². The van der Waals surface area contributed by atoms with Crippen molar-refractivity contribution in [1.82, 2.24) is 34.7 Å². The van der Waals surface area contributed by atoms with Gasteiger partial charge in [0.05, 0.1) is 19.6 Å². The Bertz CT molecular complexity index is 1960. The number of imidazole rings is 1. The van der Waals surface area contributed by atoms with Gasteiger partial charge in [0.1, 0.15) is 22.7 Å². The molecular weight excluding hydrogens is 580 g/mol. The summed E-state index contributed by atoms with van der Waals surface area (Å²) in [6.07, 6.45) is 3.68. The molecule has 0 unspecified atom stereocenters. The number of benzene rings is 2. The van der Waals surface area contributed by atoms with Crippen molar-refractivity contribution in [3.63, 3.8) is 0 Å². The largest absolute Gasteiger partial charge is 0.360 e. The summed E-state index contributed by atoms with van der Waals surface area (Å²) >= 11 is 0. The van der Waals surface area contributed by atoms with Crippen LogP contribution in [0.2, 0.25) is 0 Å². The third kappa shape index (κ3) is 6.02. The normalized spacial score (nSPS) is 12.7. The maximum absolute atomic E-state index is 13.2. The summed E-state index contributed by atoms with van der Waals surface area (Å²) in [6.45, 7) is 7.54. The van der Waals surface area contributed by atoms with Crippen LogP contribution in [0, 0.1) is 24.7 Å². The highest BCUT2D eigenvalue weighted by Crippen LogP contribution is 2.36. The highest BCUT2D eigenvalue weighted by atomic mass is 16.5.